The highest BCUT2D eigenvalue weighted by Gasteiger charge is 2.17. The van der Waals surface area contributed by atoms with Crippen LogP contribution in [0.4, 0.5) is 14.5 Å². The third-order valence-corrected chi connectivity index (χ3v) is 4.51. The molecule has 0 radical (unpaired) electrons. The van der Waals surface area contributed by atoms with Crippen LogP contribution in [0.15, 0.2) is 65.7 Å². The van der Waals surface area contributed by atoms with Gasteiger partial charge < -0.3 is 5.32 Å². The predicted molar refractivity (Wildman–Crippen MR) is 99.2 cm³/mol. The first kappa shape index (κ1) is 18.1. The highest BCUT2D eigenvalue weighted by atomic mass is 32.2. The van der Waals surface area contributed by atoms with Crippen LogP contribution in [-0.2, 0) is 6.42 Å². The Bertz CT molecular complexity index is 880. The number of alkyl halides is 2. The van der Waals surface area contributed by atoms with Crippen molar-refractivity contribution in [1.82, 2.24) is 9.78 Å². The molecule has 0 atom stereocenters. The molecule has 7 heteroatoms. The number of benzene rings is 2. The molecule has 3 aromatic rings. The number of aromatic nitrogens is 2. The summed E-state index contributed by atoms with van der Waals surface area (Å²) in [6.45, 7) is 1.96. The van der Waals surface area contributed by atoms with Crippen molar-refractivity contribution < 1.29 is 13.6 Å². The normalized spacial score (nSPS) is 10.9. The quantitative estimate of drug-likeness (QED) is 0.619. The van der Waals surface area contributed by atoms with Crippen molar-refractivity contribution in [2.45, 2.75) is 24.0 Å². The lowest BCUT2D eigenvalue weighted by atomic mass is 10.2. The molecule has 1 N–H and O–H groups in total. The number of rotatable bonds is 6. The number of carbonyl (C=O) groups is 1. The Morgan fingerprint density at radius 1 is 1.15 bits per heavy atom. The smallest absolute Gasteiger partial charge is 0.288 e. The van der Waals surface area contributed by atoms with Crippen LogP contribution in [0.25, 0.3) is 5.69 Å². The van der Waals surface area contributed by atoms with E-state index in [9.17, 15) is 13.6 Å². The van der Waals surface area contributed by atoms with Gasteiger partial charge >= 0.3 is 0 Å². The number of carbonyl (C=O) groups excluding carboxylic acids is 1. The fourth-order valence-corrected chi connectivity index (χ4v) is 3.11. The minimum absolute atomic E-state index is 0.279. The van der Waals surface area contributed by atoms with E-state index in [1.54, 1.807) is 35.1 Å². The lowest BCUT2D eigenvalue weighted by Gasteiger charge is -2.09. The Kier molecular flexibility index (Phi) is 5.68. The zero-order valence-electron chi connectivity index (χ0n) is 14.0. The fraction of sp³-hybridized carbons (Fsp3) is 0.158. The topological polar surface area (TPSA) is 46.9 Å². The summed E-state index contributed by atoms with van der Waals surface area (Å²) >= 11 is 0.470. The average molecular weight is 373 g/mol. The van der Waals surface area contributed by atoms with Gasteiger partial charge in [-0.05, 0) is 42.8 Å². The molecule has 3 rings (SSSR count). The van der Waals surface area contributed by atoms with E-state index in [1.165, 1.54) is 0 Å². The largest absolute Gasteiger partial charge is 0.322 e. The Morgan fingerprint density at radius 3 is 2.46 bits per heavy atom. The summed E-state index contributed by atoms with van der Waals surface area (Å²) in [4.78, 5) is 13.1. The SMILES string of the molecule is CCc1c(C(=O)Nc2ccc(SC(F)F)cc2)cnn1-c1ccccc1. The van der Waals surface area contributed by atoms with Gasteiger partial charge in [-0.15, -0.1) is 0 Å². The zero-order valence-corrected chi connectivity index (χ0v) is 14.8. The van der Waals surface area contributed by atoms with Gasteiger partial charge in [0.25, 0.3) is 11.7 Å². The standard InChI is InChI=1S/C19H17F2N3OS/c1-2-17-16(12-22-24(17)14-6-4-3-5-7-14)18(25)23-13-8-10-15(11-9-13)26-19(20)21/h3-12,19H,2H2,1H3,(H,23,25). The van der Waals surface area contributed by atoms with E-state index in [1.807, 2.05) is 37.3 Å². The van der Waals surface area contributed by atoms with E-state index >= 15 is 0 Å². The molecule has 0 fully saturated rings. The van der Waals surface area contributed by atoms with Gasteiger partial charge in [-0.2, -0.15) is 13.9 Å². The number of hydrogen-bond acceptors (Lipinski definition) is 3. The summed E-state index contributed by atoms with van der Waals surface area (Å²) < 4.78 is 26.5. The molecule has 1 heterocycles. The highest BCUT2D eigenvalue weighted by molar-refractivity contribution is 7.99. The number of anilines is 1. The molecule has 1 amide bonds. The first-order chi connectivity index (χ1) is 12.6. The summed E-state index contributed by atoms with van der Waals surface area (Å²) in [6.07, 6.45) is 2.18. The van der Waals surface area contributed by atoms with E-state index in [0.717, 1.165) is 11.4 Å². The van der Waals surface area contributed by atoms with Crippen molar-refractivity contribution >= 4 is 23.4 Å². The van der Waals surface area contributed by atoms with Crippen LogP contribution in [0.2, 0.25) is 0 Å². The maximum Gasteiger partial charge on any atom is 0.288 e. The molecule has 0 aliphatic carbocycles. The van der Waals surface area contributed by atoms with Crippen LogP contribution < -0.4 is 5.32 Å². The molecule has 0 aliphatic heterocycles. The van der Waals surface area contributed by atoms with Gasteiger partial charge in [-0.3, -0.25) is 4.79 Å². The lowest BCUT2D eigenvalue weighted by molar-refractivity contribution is 0.102. The molecular weight excluding hydrogens is 356 g/mol. The number of halogens is 2. The van der Waals surface area contributed by atoms with Gasteiger partial charge in [0.15, 0.2) is 0 Å². The minimum atomic E-state index is -2.47. The van der Waals surface area contributed by atoms with E-state index in [4.69, 9.17) is 0 Å². The molecule has 4 nitrogen and oxygen atoms in total. The Hall–Kier alpha value is -2.67. The van der Waals surface area contributed by atoms with Gasteiger partial charge in [-0.1, -0.05) is 36.9 Å². The third-order valence-electron chi connectivity index (χ3n) is 3.79. The number of thioether (sulfide) groups is 1. The second-order valence-corrected chi connectivity index (χ2v) is 6.53. The van der Waals surface area contributed by atoms with Crippen LogP contribution in [0.1, 0.15) is 23.0 Å². The Morgan fingerprint density at radius 2 is 1.85 bits per heavy atom. The number of nitrogens with zero attached hydrogens (tertiary/aromatic N) is 2. The van der Waals surface area contributed by atoms with Crippen LogP contribution in [0, 0.1) is 0 Å². The second kappa shape index (κ2) is 8.14. The van der Waals surface area contributed by atoms with Crippen LogP contribution >= 0.6 is 11.8 Å². The maximum absolute atomic E-state index is 12.6. The number of hydrogen-bond donors (Lipinski definition) is 1. The third kappa shape index (κ3) is 4.11. The zero-order chi connectivity index (χ0) is 18.5. The van der Waals surface area contributed by atoms with Crippen molar-refractivity contribution in [2.75, 3.05) is 5.32 Å². The maximum atomic E-state index is 12.6. The first-order valence-electron chi connectivity index (χ1n) is 8.07. The van der Waals surface area contributed by atoms with E-state index in [-0.39, 0.29) is 5.91 Å². The summed E-state index contributed by atoms with van der Waals surface area (Å²) in [5.74, 6) is -2.75. The number of para-hydroxylation sites is 1. The van der Waals surface area contributed by atoms with Gasteiger partial charge in [0, 0.05) is 10.6 Å². The molecule has 0 aliphatic rings. The molecule has 0 saturated heterocycles. The van der Waals surface area contributed by atoms with Crippen molar-refractivity contribution in [2.24, 2.45) is 0 Å². The van der Waals surface area contributed by atoms with E-state index in [0.29, 0.717) is 34.3 Å². The second-order valence-electron chi connectivity index (χ2n) is 5.46. The van der Waals surface area contributed by atoms with Crippen LogP contribution in [-0.4, -0.2) is 21.4 Å². The Balaban J connectivity index is 1.79. The lowest BCUT2D eigenvalue weighted by Crippen LogP contribution is -2.14. The van der Waals surface area contributed by atoms with E-state index < -0.39 is 5.76 Å². The monoisotopic (exact) mass is 373 g/mol. The molecule has 1 aromatic heterocycles. The van der Waals surface area contributed by atoms with Gasteiger partial charge in [0.2, 0.25) is 0 Å². The van der Waals surface area contributed by atoms with Crippen LogP contribution in [0.5, 0.6) is 0 Å². The molecule has 0 spiro atoms. The highest BCUT2D eigenvalue weighted by Crippen LogP contribution is 2.26. The first-order valence-corrected chi connectivity index (χ1v) is 8.95. The average Bonchev–Trinajstić information content (AvgIpc) is 3.08. The summed E-state index contributed by atoms with van der Waals surface area (Å²) in [7, 11) is 0. The molecule has 0 unspecified atom stereocenters. The van der Waals surface area contributed by atoms with Gasteiger partial charge in [0.05, 0.1) is 23.1 Å². The minimum Gasteiger partial charge on any atom is -0.322 e. The molecule has 2 aromatic carbocycles. The predicted octanol–water partition coefficient (Wildman–Crippen LogP) is 5.00. The van der Waals surface area contributed by atoms with Gasteiger partial charge in [0.1, 0.15) is 0 Å². The number of amides is 1. The van der Waals surface area contributed by atoms with Crippen molar-refractivity contribution in [3.8, 4) is 5.69 Å². The fourth-order valence-electron chi connectivity index (χ4n) is 2.61. The molecule has 0 saturated carbocycles. The summed E-state index contributed by atoms with van der Waals surface area (Å²) in [5.41, 5.74) is 2.72. The summed E-state index contributed by atoms with van der Waals surface area (Å²) in [6, 6.07) is 15.9. The molecule has 134 valence electrons. The van der Waals surface area contributed by atoms with Gasteiger partial charge in [-0.25, -0.2) is 4.68 Å². The van der Waals surface area contributed by atoms with Crippen molar-refractivity contribution in [1.29, 1.82) is 0 Å². The van der Waals surface area contributed by atoms with E-state index in [2.05, 4.69) is 10.4 Å². The Labute approximate surface area is 154 Å². The molecule has 26 heavy (non-hydrogen) atoms. The summed E-state index contributed by atoms with van der Waals surface area (Å²) in [5, 5.41) is 7.13. The van der Waals surface area contributed by atoms with Crippen molar-refractivity contribution in [3.63, 3.8) is 0 Å². The van der Waals surface area contributed by atoms with Crippen molar-refractivity contribution in [3.05, 3.63) is 72.1 Å². The molecular formula is C19H17F2N3OS. The van der Waals surface area contributed by atoms with Crippen LogP contribution in [0.3, 0.4) is 0 Å². The number of nitrogens with one attached hydrogen (secondary N) is 1. The molecule has 0 bridgehead atoms.